The number of aliphatic carboxylic acids is 4. The van der Waals surface area contributed by atoms with Gasteiger partial charge in [0.15, 0.2) is 6.10 Å². The maximum Gasteiger partial charge on any atom is 0.335 e. The van der Waals surface area contributed by atoms with Crippen LogP contribution in [0.1, 0.15) is 163 Å². The molecule has 15 unspecified atom stereocenters. The number of carbonyl (C=O) groups excluding carboxylic acids is 16. The van der Waals surface area contributed by atoms with Crippen molar-refractivity contribution in [3.8, 4) is 0 Å². The van der Waals surface area contributed by atoms with Gasteiger partial charge in [0.05, 0.1) is 38.8 Å². The van der Waals surface area contributed by atoms with Gasteiger partial charge in [-0.15, -0.1) is 0 Å². The van der Waals surface area contributed by atoms with Crippen LogP contribution < -0.4 is 81.0 Å². The number of hydrogen-bond acceptors (Lipinski definition) is 23. The number of ether oxygens (including phenoxy) is 2. The second-order valence-corrected chi connectivity index (χ2v) is 28.3. The minimum absolute atomic E-state index is 0.00734. The maximum absolute atomic E-state index is 15.0. The molecule has 0 aliphatic carbocycles. The minimum atomic E-state index is -2.30. The summed E-state index contributed by atoms with van der Waals surface area (Å²) in [5, 5.41) is 67.6. The van der Waals surface area contributed by atoms with Gasteiger partial charge in [-0.2, -0.15) is 0 Å². The molecule has 0 spiro atoms. The van der Waals surface area contributed by atoms with Crippen LogP contribution in [-0.2, 0) is 112 Å². The Kier molecular flexibility index (Phi) is 42.1. The third kappa shape index (κ3) is 33.6. The van der Waals surface area contributed by atoms with Crippen LogP contribution >= 0.6 is 0 Å². The number of fused-ring (bicyclic) bond motifs is 1. The summed E-state index contributed by atoms with van der Waals surface area (Å²) in [6.45, 7) is 5.89. The number of benzene rings is 1. The SMILES string of the molecule is CCCCCCCCCC(=O)NC(Cc1c[nH]c2ccccc12)C(=O)NC(CCC(=O)O)C(=O)NC(CC(N)=O)C(=O)NC1C(=O)N(C)CC(=O)NC(C)C(=O)NC(CC(=O)O)C(=O)NC(CCCCN)C(=O)NC(C(OC)C(=O)O)C(=O)NCC(=O)NC(CC(N)=O)C(=O)NC(C(C)CC(=O)O)C(=O)NC(C(C)CC)C(=O)OC1C. The fraction of sp³-hybridized carbons (Fsp3) is 0.616. The van der Waals surface area contributed by atoms with Gasteiger partial charge in [0.2, 0.25) is 88.6 Å². The zero-order valence-electron chi connectivity index (χ0n) is 66.1. The lowest BCUT2D eigenvalue weighted by molar-refractivity contribution is -0.159. The molecule has 0 radical (unpaired) electrons. The topological polar surface area (TPSA) is 682 Å². The lowest BCUT2D eigenvalue weighted by atomic mass is 9.94. The average molecular weight is 1640 g/mol. The Labute approximate surface area is 667 Å². The number of likely N-dealkylation sites (N-methyl/N-ethyl adjacent to an activating group) is 1. The number of methoxy groups -OCH3 is 1. The van der Waals surface area contributed by atoms with Crippen molar-refractivity contribution in [1.29, 1.82) is 0 Å². The number of esters is 1. The zero-order valence-corrected chi connectivity index (χ0v) is 66.1. The summed E-state index contributed by atoms with van der Waals surface area (Å²) >= 11 is 0. The minimum Gasteiger partial charge on any atom is -0.481 e. The number of cyclic esters (lactones) is 1. The summed E-state index contributed by atoms with van der Waals surface area (Å²) in [4.78, 5) is 278. The van der Waals surface area contributed by atoms with Gasteiger partial charge in [-0.3, -0.25) is 86.3 Å². The molecule has 1 aromatic carbocycles. The molecule has 15 amide bonds. The highest BCUT2D eigenvalue weighted by Crippen LogP contribution is 2.22. The van der Waals surface area contributed by atoms with Gasteiger partial charge in [-0.05, 0) is 76.0 Å². The van der Waals surface area contributed by atoms with E-state index in [1.54, 1.807) is 30.5 Å². The number of hydrogen-bond donors (Lipinski definition) is 20. The van der Waals surface area contributed by atoms with Gasteiger partial charge in [-0.1, -0.05) is 90.8 Å². The van der Waals surface area contributed by atoms with Crippen molar-refractivity contribution in [1.82, 2.24) is 73.7 Å². The molecule has 1 saturated heterocycles. The molecule has 1 aromatic heterocycles. The Morgan fingerprint density at radius 3 is 1.79 bits per heavy atom. The number of carbonyl (C=O) groups is 20. The van der Waals surface area contributed by atoms with Crippen molar-refractivity contribution in [3.05, 3.63) is 36.0 Å². The highest BCUT2D eigenvalue weighted by atomic mass is 16.5. The molecule has 644 valence electrons. The van der Waals surface area contributed by atoms with Crippen LogP contribution in [0.25, 0.3) is 10.9 Å². The van der Waals surface area contributed by atoms with Crippen molar-refractivity contribution in [2.75, 3.05) is 33.8 Å². The van der Waals surface area contributed by atoms with Gasteiger partial charge in [-0.25, -0.2) is 9.59 Å². The smallest absolute Gasteiger partial charge is 0.335 e. The van der Waals surface area contributed by atoms with Crippen molar-refractivity contribution < 1.29 is 126 Å². The predicted molar refractivity (Wildman–Crippen MR) is 407 cm³/mol. The summed E-state index contributed by atoms with van der Waals surface area (Å²) in [5.41, 5.74) is 18.0. The Bertz CT molecular complexity index is 3840. The highest BCUT2D eigenvalue weighted by molar-refractivity contribution is 6.02. The first kappa shape index (κ1) is 98.3. The second kappa shape index (κ2) is 49.7. The first-order chi connectivity index (χ1) is 54.7. The van der Waals surface area contributed by atoms with Gasteiger partial charge in [0.1, 0.15) is 72.6 Å². The van der Waals surface area contributed by atoms with E-state index in [0.29, 0.717) is 34.2 Å². The molecule has 43 nitrogen and oxygen atoms in total. The van der Waals surface area contributed by atoms with Crippen LogP contribution in [0.4, 0.5) is 0 Å². The van der Waals surface area contributed by atoms with Gasteiger partial charge in [0.25, 0.3) is 0 Å². The summed E-state index contributed by atoms with van der Waals surface area (Å²) in [7, 11) is 1.75. The second-order valence-electron chi connectivity index (χ2n) is 28.3. The molecular weight excluding hydrogens is 1530 g/mol. The number of aromatic nitrogens is 1. The number of nitrogens with one attached hydrogen (secondary N) is 13. The monoisotopic (exact) mass is 1640 g/mol. The first-order valence-corrected chi connectivity index (χ1v) is 37.9. The number of aromatic amines is 1. The van der Waals surface area contributed by atoms with Crippen molar-refractivity contribution in [2.45, 2.75) is 242 Å². The molecule has 2 aromatic rings. The Hall–Kier alpha value is -11.9. The maximum atomic E-state index is 15.0. The summed E-state index contributed by atoms with van der Waals surface area (Å²) in [5.74, 6) is -29.6. The molecule has 1 aliphatic rings. The van der Waals surface area contributed by atoms with Crippen molar-refractivity contribution in [2.24, 2.45) is 29.0 Å². The van der Waals surface area contributed by atoms with E-state index in [1.807, 2.05) is 5.32 Å². The molecule has 1 fully saturated rings. The molecule has 1 aliphatic heterocycles. The van der Waals surface area contributed by atoms with E-state index in [2.05, 4.69) is 70.4 Å². The largest absolute Gasteiger partial charge is 0.481 e. The number of unbranched alkanes of at least 4 members (excludes halogenated alkanes) is 7. The van der Waals surface area contributed by atoms with E-state index in [1.165, 1.54) is 13.8 Å². The standard InChI is InChI=1S/C73H111N17O26/c1-9-11-12-13-14-15-16-24-51(93)80-45(29-40-33-77-42-22-18-17-21-41(40)42)65(105)83-44(25-26-54(96)97)63(103)85-47(31-50(76)92)68(108)88-59-39(6)116-73(114)58(36(3)10-2)87-70(110)57(37(4)28-55(98)99)86-67(107)46(30-49(75)91)81-52(94)34-78-69(109)60(61(115-8)72(112)113)89-64(104)43(23-19-20-27-74)82-66(106)48(32-56(100)101)84-62(102)38(5)79-53(95)35-90(7)71(59)111/h17-18,21-22,33,36-39,43-48,57-61,77H,9-16,19-20,23-32,34-35,74H2,1-8H3,(H2,75,91)(H2,76,92)(H,78,109)(H,79,95)(H,80,93)(H,81,94)(H,82,106)(H,83,105)(H,84,102)(H,85,103)(H,86,107)(H,87,110)(H,88,108)(H,89,104)(H,96,97)(H,98,99)(H,100,101)(H,112,113). The molecule has 43 heteroatoms. The fourth-order valence-electron chi connectivity index (χ4n) is 12.2. The number of nitrogens with zero attached hydrogens (tertiary/aromatic N) is 1. The van der Waals surface area contributed by atoms with Crippen LogP contribution in [0.5, 0.6) is 0 Å². The lowest BCUT2D eigenvalue weighted by Gasteiger charge is -2.32. The number of nitrogens with two attached hydrogens (primary N) is 3. The quantitative estimate of drug-likeness (QED) is 0.0222. The molecule has 23 N–H and O–H groups in total. The first-order valence-electron chi connectivity index (χ1n) is 37.9. The summed E-state index contributed by atoms with van der Waals surface area (Å²) in [6.07, 6.45) is -2.76. The van der Waals surface area contributed by atoms with Gasteiger partial charge in [0, 0.05) is 50.5 Å². The molecule has 2 heterocycles. The molecule has 0 bridgehead atoms. The molecule has 3 rings (SSSR count). The van der Waals surface area contributed by atoms with Crippen LogP contribution in [0.3, 0.4) is 0 Å². The Morgan fingerprint density at radius 1 is 0.595 bits per heavy atom. The third-order valence-corrected chi connectivity index (χ3v) is 18.8. The number of carboxylic acids is 4. The number of carboxylic acid groups (broad SMARTS) is 4. The number of para-hydroxylation sites is 1. The van der Waals surface area contributed by atoms with E-state index < -0.39 is 261 Å². The van der Waals surface area contributed by atoms with Crippen LogP contribution in [-0.4, -0.2) is 261 Å². The van der Waals surface area contributed by atoms with Crippen LogP contribution in [0.15, 0.2) is 30.5 Å². The van der Waals surface area contributed by atoms with E-state index in [-0.39, 0.29) is 45.1 Å². The summed E-state index contributed by atoms with van der Waals surface area (Å²) < 4.78 is 10.8. The van der Waals surface area contributed by atoms with Gasteiger partial charge >= 0.3 is 29.8 Å². The molecule has 116 heavy (non-hydrogen) atoms. The molecule has 0 saturated carbocycles. The van der Waals surface area contributed by atoms with E-state index in [0.717, 1.165) is 67.0 Å². The normalized spacial score (nSPS) is 21.8. The lowest BCUT2D eigenvalue weighted by Crippen LogP contribution is -2.62. The van der Waals surface area contributed by atoms with Crippen LogP contribution in [0, 0.1) is 11.8 Å². The van der Waals surface area contributed by atoms with Crippen LogP contribution in [0.2, 0.25) is 0 Å². The Morgan fingerprint density at radius 2 is 1.19 bits per heavy atom. The zero-order chi connectivity index (χ0) is 87.2. The van der Waals surface area contributed by atoms with Gasteiger partial charge < -0.3 is 121 Å². The van der Waals surface area contributed by atoms with Crippen molar-refractivity contribution >= 4 is 129 Å². The molecule has 15 atom stereocenters. The number of amides is 15. The number of primary amides is 2. The Balaban J connectivity index is 2.27. The summed E-state index contributed by atoms with van der Waals surface area (Å²) in [6, 6.07) is -14.7. The third-order valence-electron chi connectivity index (χ3n) is 18.8. The fourth-order valence-corrected chi connectivity index (χ4v) is 12.2. The average Bonchev–Trinajstić information content (AvgIpc) is 1.39. The number of rotatable bonds is 38. The predicted octanol–water partition coefficient (Wildman–Crippen LogP) is -4.80. The van der Waals surface area contributed by atoms with E-state index in [9.17, 15) is 116 Å². The molecular formula is C73H111N17O26. The highest BCUT2D eigenvalue weighted by Gasteiger charge is 2.43. The van der Waals surface area contributed by atoms with E-state index in [4.69, 9.17) is 26.7 Å². The van der Waals surface area contributed by atoms with E-state index >= 15 is 0 Å². The number of H-pyrrole nitrogens is 1. The van der Waals surface area contributed by atoms with Crippen molar-refractivity contribution in [3.63, 3.8) is 0 Å².